The summed E-state index contributed by atoms with van der Waals surface area (Å²) in [5.74, 6) is -0.288. The minimum absolute atomic E-state index is 0.288. The average molecular weight is 338 g/mol. The van der Waals surface area contributed by atoms with Crippen molar-refractivity contribution in [3.8, 4) is 0 Å². The number of aromatic nitrogens is 1. The van der Waals surface area contributed by atoms with E-state index in [4.69, 9.17) is 23.2 Å². The maximum atomic E-state index is 12.3. The highest BCUT2D eigenvalue weighted by molar-refractivity contribution is 6.35. The van der Waals surface area contributed by atoms with Crippen molar-refractivity contribution in [3.05, 3.63) is 52.3 Å². The highest BCUT2D eigenvalue weighted by Crippen LogP contribution is 2.26. The summed E-state index contributed by atoms with van der Waals surface area (Å²) in [6.45, 7) is 4.15. The van der Waals surface area contributed by atoms with Gasteiger partial charge in [-0.1, -0.05) is 30.1 Å². The van der Waals surface area contributed by atoms with Gasteiger partial charge in [-0.25, -0.2) is 0 Å². The zero-order valence-electron chi connectivity index (χ0n) is 12.4. The Morgan fingerprint density at radius 3 is 2.77 bits per heavy atom. The summed E-state index contributed by atoms with van der Waals surface area (Å²) in [7, 11) is 0. The summed E-state index contributed by atoms with van der Waals surface area (Å²) >= 11 is 12.0. The molecule has 0 bridgehead atoms. The van der Waals surface area contributed by atoms with Crippen LogP contribution in [0.1, 0.15) is 30.6 Å². The molecule has 4 nitrogen and oxygen atoms in total. The number of carbonyl (C=O) groups is 1. The zero-order chi connectivity index (χ0) is 16.1. The number of nitrogens with one attached hydrogen (secondary N) is 2. The normalized spacial score (nSPS) is 11.8. The standard InChI is InChI=1S/C16H17Cl2N3O/c1-3-10(2)20-13-6-11(8-19-9-13)16(22)21-15-7-12(17)4-5-14(15)18/h4-10,20H,3H2,1-2H3,(H,21,22). The number of pyridine rings is 1. The van der Waals surface area contributed by atoms with Crippen LogP contribution in [0.25, 0.3) is 0 Å². The smallest absolute Gasteiger partial charge is 0.257 e. The Bertz CT molecular complexity index is 676. The van der Waals surface area contributed by atoms with E-state index in [0.29, 0.717) is 27.3 Å². The molecule has 1 unspecified atom stereocenters. The van der Waals surface area contributed by atoms with Crippen LogP contribution in [-0.2, 0) is 0 Å². The van der Waals surface area contributed by atoms with Crippen LogP contribution in [0.2, 0.25) is 10.0 Å². The topological polar surface area (TPSA) is 54.0 Å². The third-order valence-corrected chi connectivity index (χ3v) is 3.77. The predicted octanol–water partition coefficient (Wildman–Crippen LogP) is 4.85. The minimum atomic E-state index is -0.288. The largest absolute Gasteiger partial charge is 0.381 e. The zero-order valence-corrected chi connectivity index (χ0v) is 13.9. The maximum Gasteiger partial charge on any atom is 0.257 e. The van der Waals surface area contributed by atoms with E-state index in [1.807, 2.05) is 0 Å². The number of benzene rings is 1. The van der Waals surface area contributed by atoms with Crippen LogP contribution >= 0.6 is 23.2 Å². The number of rotatable bonds is 5. The van der Waals surface area contributed by atoms with Crippen LogP contribution in [0.3, 0.4) is 0 Å². The molecule has 0 saturated heterocycles. The van der Waals surface area contributed by atoms with Gasteiger partial charge in [0.2, 0.25) is 0 Å². The quantitative estimate of drug-likeness (QED) is 0.819. The van der Waals surface area contributed by atoms with Crippen molar-refractivity contribution in [3.63, 3.8) is 0 Å². The number of amides is 1. The highest BCUT2D eigenvalue weighted by atomic mass is 35.5. The van der Waals surface area contributed by atoms with E-state index >= 15 is 0 Å². The molecule has 0 aliphatic heterocycles. The lowest BCUT2D eigenvalue weighted by Crippen LogP contribution is -2.16. The molecule has 0 fully saturated rings. The predicted molar refractivity (Wildman–Crippen MR) is 92.0 cm³/mol. The van der Waals surface area contributed by atoms with Gasteiger partial charge in [0, 0.05) is 23.5 Å². The van der Waals surface area contributed by atoms with E-state index in [0.717, 1.165) is 12.1 Å². The molecule has 116 valence electrons. The molecular formula is C16H17Cl2N3O. The van der Waals surface area contributed by atoms with Crippen LogP contribution in [0.4, 0.5) is 11.4 Å². The number of hydrogen-bond acceptors (Lipinski definition) is 3. The fourth-order valence-corrected chi connectivity index (χ4v) is 2.15. The van der Waals surface area contributed by atoms with Gasteiger partial charge in [-0.15, -0.1) is 0 Å². The third-order valence-electron chi connectivity index (χ3n) is 3.20. The molecule has 0 aliphatic carbocycles. The average Bonchev–Trinajstić information content (AvgIpc) is 2.51. The van der Waals surface area contributed by atoms with Crippen molar-refractivity contribution < 1.29 is 4.79 Å². The molecule has 0 saturated carbocycles. The Balaban J connectivity index is 2.15. The van der Waals surface area contributed by atoms with Crippen molar-refractivity contribution in [2.75, 3.05) is 10.6 Å². The summed E-state index contributed by atoms with van der Waals surface area (Å²) < 4.78 is 0. The molecule has 2 N–H and O–H groups in total. The Morgan fingerprint density at radius 2 is 2.05 bits per heavy atom. The van der Waals surface area contributed by atoms with Gasteiger partial charge >= 0.3 is 0 Å². The van der Waals surface area contributed by atoms with E-state index in [-0.39, 0.29) is 5.91 Å². The lowest BCUT2D eigenvalue weighted by Gasteiger charge is -2.13. The molecule has 0 spiro atoms. The number of nitrogens with zero attached hydrogens (tertiary/aromatic N) is 1. The van der Waals surface area contributed by atoms with Crippen LogP contribution in [0, 0.1) is 0 Å². The fourth-order valence-electron chi connectivity index (χ4n) is 1.82. The molecule has 1 aromatic carbocycles. The first-order valence-electron chi connectivity index (χ1n) is 6.97. The van der Waals surface area contributed by atoms with Crippen molar-refractivity contribution in [2.45, 2.75) is 26.3 Å². The van der Waals surface area contributed by atoms with Gasteiger partial charge in [-0.05, 0) is 37.6 Å². The monoisotopic (exact) mass is 337 g/mol. The Labute approximate surface area is 139 Å². The minimum Gasteiger partial charge on any atom is -0.381 e. The molecule has 1 aromatic heterocycles. The number of carbonyl (C=O) groups excluding carboxylic acids is 1. The molecule has 1 amide bonds. The summed E-state index contributed by atoms with van der Waals surface area (Å²) in [5, 5.41) is 6.96. The van der Waals surface area contributed by atoms with Gasteiger partial charge in [0.1, 0.15) is 0 Å². The van der Waals surface area contributed by atoms with Gasteiger partial charge in [0.25, 0.3) is 5.91 Å². The van der Waals surface area contributed by atoms with Crippen LogP contribution < -0.4 is 10.6 Å². The third kappa shape index (κ3) is 4.36. The Morgan fingerprint density at radius 1 is 1.27 bits per heavy atom. The second-order valence-corrected chi connectivity index (χ2v) is 5.84. The Hall–Kier alpha value is -1.78. The van der Waals surface area contributed by atoms with Gasteiger partial charge in [-0.3, -0.25) is 9.78 Å². The second kappa shape index (κ2) is 7.47. The molecule has 1 heterocycles. The van der Waals surface area contributed by atoms with Gasteiger partial charge < -0.3 is 10.6 Å². The van der Waals surface area contributed by atoms with Crippen LogP contribution in [-0.4, -0.2) is 16.9 Å². The van der Waals surface area contributed by atoms with E-state index in [1.54, 1.807) is 30.5 Å². The van der Waals surface area contributed by atoms with E-state index in [1.165, 1.54) is 6.20 Å². The summed E-state index contributed by atoms with van der Waals surface area (Å²) in [6, 6.07) is 6.97. The first-order chi connectivity index (χ1) is 10.5. The lowest BCUT2D eigenvalue weighted by molar-refractivity contribution is 0.102. The lowest BCUT2D eigenvalue weighted by atomic mass is 10.2. The van der Waals surface area contributed by atoms with Crippen LogP contribution in [0.15, 0.2) is 36.7 Å². The Kier molecular flexibility index (Phi) is 5.63. The summed E-state index contributed by atoms with van der Waals surface area (Å²) in [4.78, 5) is 16.4. The maximum absolute atomic E-state index is 12.3. The molecule has 0 aliphatic rings. The molecule has 1 atom stereocenters. The van der Waals surface area contributed by atoms with E-state index in [9.17, 15) is 4.79 Å². The molecule has 6 heteroatoms. The fraction of sp³-hybridized carbons (Fsp3) is 0.250. The molecular weight excluding hydrogens is 321 g/mol. The van der Waals surface area contributed by atoms with Gasteiger partial charge in [0.05, 0.1) is 22.0 Å². The number of hydrogen-bond donors (Lipinski definition) is 2. The molecule has 2 rings (SSSR count). The van der Waals surface area contributed by atoms with Crippen molar-refractivity contribution in [1.82, 2.24) is 4.98 Å². The number of anilines is 2. The summed E-state index contributed by atoms with van der Waals surface area (Å²) in [6.07, 6.45) is 4.18. The highest BCUT2D eigenvalue weighted by Gasteiger charge is 2.11. The van der Waals surface area contributed by atoms with Gasteiger partial charge in [-0.2, -0.15) is 0 Å². The first kappa shape index (κ1) is 16.6. The summed E-state index contributed by atoms with van der Waals surface area (Å²) in [5.41, 5.74) is 1.72. The van der Waals surface area contributed by atoms with Crippen molar-refractivity contribution in [1.29, 1.82) is 0 Å². The van der Waals surface area contributed by atoms with Crippen LogP contribution in [0.5, 0.6) is 0 Å². The second-order valence-electron chi connectivity index (χ2n) is 4.99. The van der Waals surface area contributed by atoms with E-state index < -0.39 is 0 Å². The SMILES string of the molecule is CCC(C)Nc1cncc(C(=O)Nc2cc(Cl)ccc2Cl)c1. The molecule has 2 aromatic rings. The van der Waals surface area contributed by atoms with Gasteiger partial charge in [0.15, 0.2) is 0 Å². The molecule has 0 radical (unpaired) electrons. The van der Waals surface area contributed by atoms with Crippen molar-refractivity contribution >= 4 is 40.5 Å². The number of halogens is 2. The van der Waals surface area contributed by atoms with Crippen molar-refractivity contribution in [2.24, 2.45) is 0 Å². The molecule has 22 heavy (non-hydrogen) atoms. The van der Waals surface area contributed by atoms with E-state index in [2.05, 4.69) is 29.5 Å². The first-order valence-corrected chi connectivity index (χ1v) is 7.73.